The molecule has 0 aliphatic rings. The van der Waals surface area contributed by atoms with E-state index in [4.69, 9.17) is 20.3 Å². The number of benzene rings is 1. The molecule has 1 aromatic rings. The highest BCUT2D eigenvalue weighted by Crippen LogP contribution is 2.34. The predicted octanol–water partition coefficient (Wildman–Crippen LogP) is 1.81. The Morgan fingerprint density at radius 1 is 1.35 bits per heavy atom. The van der Waals surface area contributed by atoms with Crippen LogP contribution in [0.1, 0.15) is 12.5 Å². The summed E-state index contributed by atoms with van der Waals surface area (Å²) >= 11 is 3.29. The molecule has 1 aromatic carbocycles. The number of nitrogens with two attached hydrogens (primary N) is 1. The number of carboxylic acids is 1. The lowest BCUT2D eigenvalue weighted by molar-refractivity contribution is -0.131. The van der Waals surface area contributed by atoms with Gasteiger partial charge in [0.15, 0.2) is 18.1 Å². The van der Waals surface area contributed by atoms with Gasteiger partial charge in [0.25, 0.3) is 5.91 Å². The van der Waals surface area contributed by atoms with E-state index < -0.39 is 11.9 Å². The Balaban J connectivity index is 3.09. The Bertz CT molecular complexity index is 542. The smallest absolute Gasteiger partial charge is 0.328 e. The number of ether oxygens (including phenoxy) is 2. The van der Waals surface area contributed by atoms with Crippen molar-refractivity contribution in [3.05, 3.63) is 28.2 Å². The van der Waals surface area contributed by atoms with Crippen LogP contribution in [0.15, 0.2) is 22.7 Å². The van der Waals surface area contributed by atoms with E-state index >= 15 is 0 Å². The maximum atomic E-state index is 10.7. The molecule has 20 heavy (non-hydrogen) atoms. The highest BCUT2D eigenvalue weighted by molar-refractivity contribution is 9.10. The number of aliphatic carboxylic acids is 1. The van der Waals surface area contributed by atoms with Crippen LogP contribution in [0.2, 0.25) is 0 Å². The van der Waals surface area contributed by atoms with Gasteiger partial charge in [0.1, 0.15) is 0 Å². The quantitative estimate of drug-likeness (QED) is 0.735. The van der Waals surface area contributed by atoms with Crippen molar-refractivity contribution in [2.75, 3.05) is 13.2 Å². The minimum Gasteiger partial charge on any atom is -0.490 e. The van der Waals surface area contributed by atoms with Crippen molar-refractivity contribution in [2.24, 2.45) is 5.73 Å². The van der Waals surface area contributed by atoms with Gasteiger partial charge < -0.3 is 20.3 Å². The van der Waals surface area contributed by atoms with Gasteiger partial charge in [-0.05, 0) is 30.7 Å². The van der Waals surface area contributed by atoms with Gasteiger partial charge in [-0.3, -0.25) is 4.79 Å². The minimum absolute atomic E-state index is 0.267. The third-order valence-electron chi connectivity index (χ3n) is 2.14. The first-order chi connectivity index (χ1) is 9.43. The molecule has 3 N–H and O–H groups in total. The van der Waals surface area contributed by atoms with E-state index in [-0.39, 0.29) is 6.61 Å². The fourth-order valence-electron chi connectivity index (χ4n) is 1.37. The van der Waals surface area contributed by atoms with Gasteiger partial charge in [0.2, 0.25) is 0 Å². The molecule has 0 heterocycles. The molecule has 0 bridgehead atoms. The summed E-state index contributed by atoms with van der Waals surface area (Å²) in [4.78, 5) is 21.3. The van der Waals surface area contributed by atoms with Crippen LogP contribution in [0.5, 0.6) is 11.5 Å². The van der Waals surface area contributed by atoms with Crippen molar-refractivity contribution in [3.63, 3.8) is 0 Å². The van der Waals surface area contributed by atoms with E-state index in [1.807, 2.05) is 0 Å². The molecule has 0 saturated heterocycles. The maximum Gasteiger partial charge on any atom is 0.328 e. The first-order valence-electron chi connectivity index (χ1n) is 5.72. The van der Waals surface area contributed by atoms with Gasteiger partial charge in [-0.15, -0.1) is 0 Å². The van der Waals surface area contributed by atoms with E-state index in [0.717, 1.165) is 6.08 Å². The number of carbonyl (C=O) groups excluding carboxylic acids is 1. The number of carboxylic acid groups (broad SMARTS) is 1. The molecule has 6 nitrogen and oxygen atoms in total. The Labute approximate surface area is 124 Å². The standard InChI is InChI=1S/C13H14BrNO5/c1-2-19-10-5-8(3-4-13(17)18)9(14)6-11(10)20-7-12(15)16/h3-6H,2,7H2,1H3,(H2,15,16)(H,17,18). The molecule has 0 saturated carbocycles. The molecule has 0 fully saturated rings. The lowest BCUT2D eigenvalue weighted by Crippen LogP contribution is -2.20. The number of carbonyl (C=O) groups is 2. The normalized spacial score (nSPS) is 10.5. The van der Waals surface area contributed by atoms with Crippen molar-refractivity contribution in [1.29, 1.82) is 0 Å². The Kier molecular flexibility index (Phi) is 6.05. The molecular formula is C13H14BrNO5. The first kappa shape index (κ1) is 16.0. The molecule has 0 aliphatic carbocycles. The number of primary amides is 1. The van der Waals surface area contributed by atoms with E-state index in [2.05, 4.69) is 15.9 Å². The van der Waals surface area contributed by atoms with Gasteiger partial charge in [-0.25, -0.2) is 4.79 Å². The summed E-state index contributed by atoms with van der Waals surface area (Å²) < 4.78 is 11.2. The second kappa shape index (κ2) is 7.54. The van der Waals surface area contributed by atoms with Crippen LogP contribution in [-0.4, -0.2) is 30.2 Å². The number of rotatable bonds is 7. The molecule has 1 amide bonds. The van der Waals surface area contributed by atoms with Crippen LogP contribution in [0.4, 0.5) is 0 Å². The lowest BCUT2D eigenvalue weighted by Gasteiger charge is -2.13. The van der Waals surface area contributed by atoms with E-state index in [0.29, 0.717) is 28.1 Å². The predicted molar refractivity (Wildman–Crippen MR) is 76.7 cm³/mol. The van der Waals surface area contributed by atoms with Gasteiger partial charge in [0.05, 0.1) is 6.61 Å². The monoisotopic (exact) mass is 343 g/mol. The molecule has 0 atom stereocenters. The Morgan fingerprint density at radius 2 is 2.00 bits per heavy atom. The summed E-state index contributed by atoms with van der Waals surface area (Å²) in [6, 6.07) is 3.21. The van der Waals surface area contributed by atoms with E-state index in [1.165, 1.54) is 6.08 Å². The van der Waals surface area contributed by atoms with Crippen molar-refractivity contribution in [2.45, 2.75) is 6.92 Å². The third kappa shape index (κ3) is 4.93. The van der Waals surface area contributed by atoms with Crippen molar-refractivity contribution in [1.82, 2.24) is 0 Å². The number of hydrogen-bond donors (Lipinski definition) is 2. The van der Waals surface area contributed by atoms with Crippen molar-refractivity contribution >= 4 is 33.9 Å². The van der Waals surface area contributed by atoms with Crippen LogP contribution < -0.4 is 15.2 Å². The Morgan fingerprint density at radius 3 is 2.55 bits per heavy atom. The molecule has 108 valence electrons. The second-order valence-electron chi connectivity index (χ2n) is 3.68. The molecule has 0 spiro atoms. The number of amides is 1. The summed E-state index contributed by atoms with van der Waals surface area (Å²) in [5, 5.41) is 8.63. The van der Waals surface area contributed by atoms with E-state index in [9.17, 15) is 9.59 Å². The minimum atomic E-state index is -1.05. The topological polar surface area (TPSA) is 98.8 Å². The van der Waals surface area contributed by atoms with Gasteiger partial charge >= 0.3 is 5.97 Å². The van der Waals surface area contributed by atoms with Crippen molar-refractivity contribution in [3.8, 4) is 11.5 Å². The average molecular weight is 344 g/mol. The number of halogens is 1. The molecule has 0 aromatic heterocycles. The highest BCUT2D eigenvalue weighted by Gasteiger charge is 2.10. The molecule has 0 radical (unpaired) electrons. The molecule has 7 heteroatoms. The van der Waals surface area contributed by atoms with Crippen LogP contribution in [0.3, 0.4) is 0 Å². The van der Waals surface area contributed by atoms with E-state index in [1.54, 1.807) is 19.1 Å². The van der Waals surface area contributed by atoms with Gasteiger partial charge in [-0.2, -0.15) is 0 Å². The largest absolute Gasteiger partial charge is 0.490 e. The summed E-state index contributed by atoms with van der Waals surface area (Å²) in [5.41, 5.74) is 5.63. The molecular weight excluding hydrogens is 330 g/mol. The van der Waals surface area contributed by atoms with Crippen LogP contribution >= 0.6 is 15.9 Å². The summed E-state index contributed by atoms with van der Waals surface area (Å²) in [6.45, 7) is 1.93. The lowest BCUT2D eigenvalue weighted by atomic mass is 10.2. The third-order valence-corrected chi connectivity index (χ3v) is 2.83. The second-order valence-corrected chi connectivity index (χ2v) is 4.53. The van der Waals surface area contributed by atoms with Crippen molar-refractivity contribution < 1.29 is 24.2 Å². The average Bonchev–Trinajstić information content (AvgIpc) is 2.37. The number of hydrogen-bond acceptors (Lipinski definition) is 4. The zero-order valence-electron chi connectivity index (χ0n) is 10.8. The summed E-state index contributed by atoms with van der Waals surface area (Å²) in [7, 11) is 0. The molecule has 0 unspecified atom stereocenters. The zero-order chi connectivity index (χ0) is 15.1. The fraction of sp³-hybridized carbons (Fsp3) is 0.231. The van der Waals surface area contributed by atoms with Gasteiger partial charge in [-0.1, -0.05) is 15.9 Å². The fourth-order valence-corrected chi connectivity index (χ4v) is 1.82. The highest BCUT2D eigenvalue weighted by atomic mass is 79.9. The summed E-state index contributed by atoms with van der Waals surface area (Å²) in [6.07, 6.45) is 2.44. The summed E-state index contributed by atoms with van der Waals surface area (Å²) in [5.74, 6) is -0.894. The van der Waals surface area contributed by atoms with Crippen LogP contribution in [-0.2, 0) is 9.59 Å². The maximum absolute atomic E-state index is 10.7. The van der Waals surface area contributed by atoms with Gasteiger partial charge in [0, 0.05) is 10.5 Å². The molecule has 1 rings (SSSR count). The Hall–Kier alpha value is -2.02. The SMILES string of the molecule is CCOc1cc(C=CC(=O)O)c(Br)cc1OCC(N)=O. The van der Waals surface area contributed by atoms with Crippen LogP contribution in [0.25, 0.3) is 6.08 Å². The first-order valence-corrected chi connectivity index (χ1v) is 6.51. The zero-order valence-corrected chi connectivity index (χ0v) is 12.3. The molecule has 0 aliphatic heterocycles. The van der Waals surface area contributed by atoms with Crippen LogP contribution in [0, 0.1) is 0 Å².